The van der Waals surface area contributed by atoms with Gasteiger partial charge in [-0.3, -0.25) is 9.89 Å². The zero-order valence-corrected chi connectivity index (χ0v) is 16.1. The first-order valence-corrected chi connectivity index (χ1v) is 9.01. The summed E-state index contributed by atoms with van der Waals surface area (Å²) in [4.78, 5) is 20.7. The van der Waals surface area contributed by atoms with Gasteiger partial charge >= 0.3 is 6.09 Å². The van der Waals surface area contributed by atoms with Gasteiger partial charge in [0.1, 0.15) is 5.60 Å². The number of hydrogen-bond acceptors (Lipinski definition) is 4. The molecule has 25 heavy (non-hydrogen) atoms. The second-order valence-electron chi connectivity index (χ2n) is 6.98. The maximum absolute atomic E-state index is 12.0. The third-order valence-corrected chi connectivity index (χ3v) is 3.63. The number of carbonyl (C=O) groups excluding carboxylic acids is 1. The smallest absolute Gasteiger partial charge is 0.410 e. The fourth-order valence-corrected chi connectivity index (χ4v) is 2.44. The Morgan fingerprint density at radius 2 is 1.92 bits per heavy atom. The van der Waals surface area contributed by atoms with Crippen molar-refractivity contribution in [3.63, 3.8) is 0 Å². The van der Waals surface area contributed by atoms with Gasteiger partial charge < -0.3 is 20.3 Å². The molecule has 0 aliphatic carbocycles. The summed E-state index contributed by atoms with van der Waals surface area (Å²) in [5, 5.41) is 6.24. The molecule has 2 N–H and O–H groups in total. The molecule has 0 radical (unpaired) electrons. The highest BCUT2D eigenvalue weighted by Gasteiger charge is 2.25. The van der Waals surface area contributed by atoms with Crippen LogP contribution in [0.1, 0.15) is 34.1 Å². The second-order valence-corrected chi connectivity index (χ2v) is 6.98. The highest BCUT2D eigenvalue weighted by Crippen LogP contribution is 2.11. The number of nitrogens with one attached hydrogen (secondary N) is 2. The average Bonchev–Trinajstić information content (AvgIpc) is 2.55. The Morgan fingerprint density at radius 1 is 1.24 bits per heavy atom. The van der Waals surface area contributed by atoms with Gasteiger partial charge in [-0.15, -0.1) is 6.42 Å². The Labute approximate surface area is 152 Å². The first-order chi connectivity index (χ1) is 11.9. The molecule has 1 aliphatic heterocycles. The van der Waals surface area contributed by atoms with Gasteiger partial charge in [0.2, 0.25) is 0 Å². The normalized spacial score (nSPS) is 16.3. The standard InChI is InChI=1S/C18H33N5O2/c1-6-9-20-16(19-7-2)21-10-8-11-22-12-14-23(15-13-22)17(24)25-18(3,4)5/h1H,7-15H2,2-5H3,(H2,19,20,21). The number of hydrogen-bond donors (Lipinski definition) is 2. The lowest BCUT2D eigenvalue weighted by Crippen LogP contribution is -2.50. The van der Waals surface area contributed by atoms with Crippen molar-refractivity contribution in [1.82, 2.24) is 20.4 Å². The molecule has 1 fully saturated rings. The minimum absolute atomic E-state index is 0.216. The number of ether oxygens (including phenoxy) is 1. The molecular weight excluding hydrogens is 318 g/mol. The van der Waals surface area contributed by atoms with Crippen molar-refractivity contribution in [3.8, 4) is 12.3 Å². The van der Waals surface area contributed by atoms with Gasteiger partial charge in [-0.2, -0.15) is 0 Å². The van der Waals surface area contributed by atoms with E-state index in [1.165, 1.54) is 0 Å². The lowest BCUT2D eigenvalue weighted by atomic mass is 10.2. The van der Waals surface area contributed by atoms with E-state index in [1.807, 2.05) is 27.7 Å². The second kappa shape index (κ2) is 10.8. The minimum atomic E-state index is -0.441. The van der Waals surface area contributed by atoms with Crippen LogP contribution in [0.2, 0.25) is 0 Å². The lowest BCUT2D eigenvalue weighted by molar-refractivity contribution is 0.0145. The summed E-state index contributed by atoms with van der Waals surface area (Å²) in [5.41, 5.74) is -0.441. The van der Waals surface area contributed by atoms with E-state index in [0.29, 0.717) is 19.6 Å². The van der Waals surface area contributed by atoms with Gasteiger partial charge in [-0.1, -0.05) is 5.92 Å². The molecule has 0 aromatic rings. The van der Waals surface area contributed by atoms with Gasteiger partial charge in [0.25, 0.3) is 0 Å². The average molecular weight is 351 g/mol. The predicted octanol–water partition coefficient (Wildman–Crippen LogP) is 1.12. The third kappa shape index (κ3) is 9.20. The molecule has 142 valence electrons. The van der Waals surface area contributed by atoms with Crippen LogP contribution in [0, 0.1) is 12.3 Å². The van der Waals surface area contributed by atoms with E-state index in [9.17, 15) is 4.79 Å². The summed E-state index contributed by atoms with van der Waals surface area (Å²) in [6.45, 7) is 13.9. The van der Waals surface area contributed by atoms with Crippen molar-refractivity contribution in [1.29, 1.82) is 0 Å². The van der Waals surface area contributed by atoms with Gasteiger partial charge in [0.15, 0.2) is 5.96 Å². The lowest BCUT2D eigenvalue weighted by Gasteiger charge is -2.35. The Kier molecular flexibility index (Phi) is 9.14. The van der Waals surface area contributed by atoms with Gasteiger partial charge in [-0.05, 0) is 34.1 Å². The maximum Gasteiger partial charge on any atom is 0.410 e. The highest BCUT2D eigenvalue weighted by atomic mass is 16.6. The van der Waals surface area contributed by atoms with E-state index in [-0.39, 0.29) is 6.09 Å². The Bertz CT molecular complexity index is 471. The summed E-state index contributed by atoms with van der Waals surface area (Å²) in [5.74, 6) is 3.30. The summed E-state index contributed by atoms with van der Waals surface area (Å²) in [6.07, 6.45) is 6.01. The number of guanidine groups is 1. The number of piperazine rings is 1. The van der Waals surface area contributed by atoms with Crippen molar-refractivity contribution in [2.75, 3.05) is 52.4 Å². The summed E-state index contributed by atoms with van der Waals surface area (Å²) < 4.78 is 5.42. The van der Waals surface area contributed by atoms with Crippen LogP contribution in [-0.4, -0.2) is 79.8 Å². The first-order valence-electron chi connectivity index (χ1n) is 9.01. The van der Waals surface area contributed by atoms with E-state index in [4.69, 9.17) is 11.2 Å². The molecule has 0 spiro atoms. The fraction of sp³-hybridized carbons (Fsp3) is 0.778. The van der Waals surface area contributed by atoms with Crippen LogP contribution in [0.5, 0.6) is 0 Å². The third-order valence-electron chi connectivity index (χ3n) is 3.63. The number of terminal acetylenes is 1. The van der Waals surface area contributed by atoms with Gasteiger partial charge in [0, 0.05) is 45.8 Å². The molecule has 1 heterocycles. The molecule has 0 atom stereocenters. The molecule has 1 amide bonds. The van der Waals surface area contributed by atoms with Gasteiger partial charge in [-0.25, -0.2) is 4.79 Å². The number of aliphatic imine (C=N–C) groups is 1. The molecule has 0 aromatic carbocycles. The molecule has 0 bridgehead atoms. The number of amides is 1. The van der Waals surface area contributed by atoms with Crippen LogP contribution in [0.25, 0.3) is 0 Å². The molecule has 0 unspecified atom stereocenters. The van der Waals surface area contributed by atoms with Crippen molar-refractivity contribution in [2.45, 2.75) is 39.7 Å². The minimum Gasteiger partial charge on any atom is -0.444 e. The van der Waals surface area contributed by atoms with E-state index < -0.39 is 5.60 Å². The monoisotopic (exact) mass is 351 g/mol. The zero-order valence-electron chi connectivity index (χ0n) is 16.1. The van der Waals surface area contributed by atoms with Crippen molar-refractivity contribution in [3.05, 3.63) is 0 Å². The largest absolute Gasteiger partial charge is 0.444 e. The predicted molar refractivity (Wildman–Crippen MR) is 102 cm³/mol. The van der Waals surface area contributed by atoms with Crippen LogP contribution in [-0.2, 0) is 4.74 Å². The van der Waals surface area contributed by atoms with E-state index in [1.54, 1.807) is 4.90 Å². The number of nitrogens with zero attached hydrogens (tertiary/aromatic N) is 3. The number of carbonyl (C=O) groups is 1. The van der Waals surface area contributed by atoms with Crippen LogP contribution in [0.15, 0.2) is 4.99 Å². The molecule has 1 saturated heterocycles. The van der Waals surface area contributed by atoms with Crippen LogP contribution in [0.3, 0.4) is 0 Å². The molecule has 1 aliphatic rings. The Hall–Kier alpha value is -1.94. The summed E-state index contributed by atoms with van der Waals surface area (Å²) >= 11 is 0. The summed E-state index contributed by atoms with van der Waals surface area (Å²) in [6, 6.07) is 0. The van der Waals surface area contributed by atoms with Crippen molar-refractivity contribution in [2.24, 2.45) is 4.99 Å². The van der Waals surface area contributed by atoms with Gasteiger partial charge in [0.05, 0.1) is 6.54 Å². The topological polar surface area (TPSA) is 69.2 Å². The van der Waals surface area contributed by atoms with E-state index in [0.717, 1.165) is 45.1 Å². The van der Waals surface area contributed by atoms with E-state index >= 15 is 0 Å². The molecule has 7 nitrogen and oxygen atoms in total. The SMILES string of the molecule is C#CCNC(=NCCCN1CCN(C(=O)OC(C)(C)C)CC1)NCC. The first kappa shape index (κ1) is 21.1. The molecule has 1 rings (SSSR count). The number of rotatable bonds is 6. The zero-order chi connectivity index (χ0) is 18.7. The van der Waals surface area contributed by atoms with Crippen molar-refractivity contribution < 1.29 is 9.53 Å². The quantitative estimate of drug-likeness (QED) is 0.325. The molecular formula is C18H33N5O2. The molecule has 0 saturated carbocycles. The molecule has 0 aromatic heterocycles. The molecule has 7 heteroatoms. The fourth-order valence-electron chi connectivity index (χ4n) is 2.44. The Balaban J connectivity index is 2.26. The van der Waals surface area contributed by atoms with Crippen LogP contribution in [0.4, 0.5) is 4.79 Å². The van der Waals surface area contributed by atoms with Crippen LogP contribution < -0.4 is 10.6 Å². The van der Waals surface area contributed by atoms with Crippen LogP contribution >= 0.6 is 0 Å². The summed E-state index contributed by atoms with van der Waals surface area (Å²) in [7, 11) is 0. The maximum atomic E-state index is 12.0. The Morgan fingerprint density at radius 3 is 2.48 bits per heavy atom. The highest BCUT2D eigenvalue weighted by molar-refractivity contribution is 5.79. The van der Waals surface area contributed by atoms with Crippen molar-refractivity contribution >= 4 is 12.1 Å². The van der Waals surface area contributed by atoms with E-state index in [2.05, 4.69) is 26.4 Å².